The molecule has 4 N–H and O–H groups in total. The fourth-order valence-electron chi connectivity index (χ4n) is 2.46. The first-order chi connectivity index (χ1) is 9.70. The van der Waals surface area contributed by atoms with Crippen LogP contribution in [-0.4, -0.2) is 24.4 Å². The Morgan fingerprint density at radius 2 is 1.85 bits per heavy atom. The minimum absolute atomic E-state index is 0.0357. The molecule has 1 fully saturated rings. The first kappa shape index (κ1) is 14.5. The van der Waals surface area contributed by atoms with Gasteiger partial charge in [0.25, 0.3) is 0 Å². The molecule has 0 radical (unpaired) electrons. The van der Waals surface area contributed by atoms with Gasteiger partial charge in [0.1, 0.15) is 6.04 Å². The lowest BCUT2D eigenvalue weighted by molar-refractivity contribution is -0.129. The second-order valence-corrected chi connectivity index (χ2v) is 5.13. The summed E-state index contributed by atoms with van der Waals surface area (Å²) in [5.41, 5.74) is 6.30. The lowest BCUT2D eigenvalue weighted by Crippen LogP contribution is -2.49. The van der Waals surface area contributed by atoms with Crippen LogP contribution in [-0.2, 0) is 9.59 Å². The highest BCUT2D eigenvalue weighted by Crippen LogP contribution is 2.24. The molecule has 0 aromatic heterocycles. The summed E-state index contributed by atoms with van der Waals surface area (Å²) >= 11 is 0. The van der Waals surface area contributed by atoms with Crippen molar-refractivity contribution < 1.29 is 9.59 Å². The van der Waals surface area contributed by atoms with Gasteiger partial charge in [0.15, 0.2) is 0 Å². The Balaban J connectivity index is 1.90. The van der Waals surface area contributed by atoms with Gasteiger partial charge in [-0.05, 0) is 25.0 Å². The number of amides is 2. The van der Waals surface area contributed by atoms with Crippen LogP contribution in [0.1, 0.15) is 25.7 Å². The third kappa shape index (κ3) is 3.81. The van der Waals surface area contributed by atoms with Gasteiger partial charge in [0, 0.05) is 18.2 Å². The number of rotatable bonds is 5. The zero-order valence-corrected chi connectivity index (χ0v) is 11.5. The lowest BCUT2D eigenvalue weighted by Gasteiger charge is -2.19. The van der Waals surface area contributed by atoms with E-state index in [1.54, 1.807) is 12.1 Å². The van der Waals surface area contributed by atoms with Crippen molar-refractivity contribution in [2.75, 3.05) is 11.9 Å². The predicted molar refractivity (Wildman–Crippen MR) is 78.0 cm³/mol. The van der Waals surface area contributed by atoms with Crippen LogP contribution in [0.15, 0.2) is 30.3 Å². The van der Waals surface area contributed by atoms with Crippen molar-refractivity contribution in [1.29, 1.82) is 0 Å². The third-order valence-electron chi connectivity index (χ3n) is 3.64. The molecular formula is C15H21N3O2. The van der Waals surface area contributed by atoms with Crippen LogP contribution in [0.5, 0.6) is 0 Å². The average Bonchev–Trinajstić information content (AvgIpc) is 2.99. The van der Waals surface area contributed by atoms with E-state index >= 15 is 0 Å². The fraction of sp³-hybridized carbons (Fsp3) is 0.467. The molecule has 20 heavy (non-hydrogen) atoms. The molecule has 0 aliphatic heterocycles. The summed E-state index contributed by atoms with van der Waals surface area (Å²) in [4.78, 5) is 24.1. The van der Waals surface area contributed by atoms with Gasteiger partial charge >= 0.3 is 0 Å². The van der Waals surface area contributed by atoms with Gasteiger partial charge in [-0.25, -0.2) is 0 Å². The molecule has 108 valence electrons. The average molecular weight is 275 g/mol. The summed E-state index contributed by atoms with van der Waals surface area (Å²) < 4.78 is 0. The van der Waals surface area contributed by atoms with Crippen LogP contribution in [0.25, 0.3) is 0 Å². The highest BCUT2D eigenvalue weighted by Gasteiger charge is 2.26. The predicted octanol–water partition coefficient (Wildman–Crippen LogP) is 1.26. The molecule has 2 rings (SSSR count). The SMILES string of the molecule is NCC(NC(=O)C1CCCC1)C(=O)Nc1ccccc1. The molecule has 1 aromatic carbocycles. The standard InChI is InChI=1S/C15H21N3O2/c16-10-13(18-14(19)11-6-4-5-7-11)15(20)17-12-8-2-1-3-9-12/h1-3,8-9,11,13H,4-7,10,16H2,(H,17,20)(H,18,19). The normalized spacial score (nSPS) is 16.6. The van der Waals surface area contributed by atoms with Gasteiger partial charge < -0.3 is 16.4 Å². The van der Waals surface area contributed by atoms with E-state index in [0.717, 1.165) is 25.7 Å². The number of hydrogen-bond donors (Lipinski definition) is 3. The first-order valence-electron chi connectivity index (χ1n) is 7.07. The molecule has 0 spiro atoms. The number of nitrogens with one attached hydrogen (secondary N) is 2. The number of hydrogen-bond acceptors (Lipinski definition) is 3. The highest BCUT2D eigenvalue weighted by atomic mass is 16.2. The number of anilines is 1. The van der Waals surface area contributed by atoms with Crippen molar-refractivity contribution >= 4 is 17.5 Å². The summed E-state index contributed by atoms with van der Waals surface area (Å²) in [6, 6.07) is 8.46. The minimum Gasteiger partial charge on any atom is -0.343 e. The minimum atomic E-state index is -0.677. The number of benzene rings is 1. The van der Waals surface area contributed by atoms with Gasteiger partial charge in [-0.3, -0.25) is 9.59 Å². The van der Waals surface area contributed by atoms with Crippen LogP contribution < -0.4 is 16.4 Å². The van der Waals surface area contributed by atoms with Gasteiger partial charge in [-0.15, -0.1) is 0 Å². The Kier molecular flexibility index (Phi) is 5.12. The molecule has 0 bridgehead atoms. The molecule has 5 nitrogen and oxygen atoms in total. The van der Waals surface area contributed by atoms with E-state index in [9.17, 15) is 9.59 Å². The van der Waals surface area contributed by atoms with E-state index < -0.39 is 6.04 Å². The number of carbonyl (C=O) groups is 2. The number of nitrogens with two attached hydrogens (primary N) is 1. The zero-order chi connectivity index (χ0) is 14.4. The van der Waals surface area contributed by atoms with Crippen LogP contribution >= 0.6 is 0 Å². The maximum absolute atomic E-state index is 12.1. The summed E-state index contributed by atoms with van der Waals surface area (Å²) in [6.07, 6.45) is 3.98. The van der Waals surface area contributed by atoms with Crippen LogP contribution in [0, 0.1) is 5.92 Å². The van der Waals surface area contributed by atoms with Crippen LogP contribution in [0.4, 0.5) is 5.69 Å². The Hall–Kier alpha value is -1.88. The van der Waals surface area contributed by atoms with Crippen molar-refractivity contribution in [2.24, 2.45) is 11.7 Å². The fourth-order valence-corrected chi connectivity index (χ4v) is 2.46. The summed E-state index contributed by atoms with van der Waals surface area (Å²) in [5, 5.41) is 5.51. The molecule has 1 atom stereocenters. The monoisotopic (exact) mass is 275 g/mol. The maximum atomic E-state index is 12.1. The Bertz CT molecular complexity index is 455. The Morgan fingerprint density at radius 1 is 1.20 bits per heavy atom. The van der Waals surface area contributed by atoms with Crippen molar-refractivity contribution in [3.8, 4) is 0 Å². The second-order valence-electron chi connectivity index (χ2n) is 5.13. The van der Waals surface area contributed by atoms with Gasteiger partial charge in [-0.1, -0.05) is 31.0 Å². The van der Waals surface area contributed by atoms with Crippen molar-refractivity contribution in [1.82, 2.24) is 5.32 Å². The molecule has 1 unspecified atom stereocenters. The Labute approximate surface area is 118 Å². The van der Waals surface area contributed by atoms with Gasteiger partial charge in [0.2, 0.25) is 11.8 Å². The molecule has 2 amide bonds. The van der Waals surface area contributed by atoms with Gasteiger partial charge in [0.05, 0.1) is 0 Å². The second kappa shape index (κ2) is 7.05. The largest absolute Gasteiger partial charge is 0.343 e. The number of carbonyl (C=O) groups excluding carboxylic acids is 2. The van der Waals surface area contributed by atoms with Crippen molar-refractivity contribution in [3.63, 3.8) is 0 Å². The summed E-state index contributed by atoms with van der Waals surface area (Å²) in [6.45, 7) is 0.0944. The van der Waals surface area contributed by atoms with E-state index in [4.69, 9.17) is 5.73 Å². The van der Waals surface area contributed by atoms with Crippen molar-refractivity contribution in [3.05, 3.63) is 30.3 Å². The van der Waals surface area contributed by atoms with Gasteiger partial charge in [-0.2, -0.15) is 0 Å². The summed E-state index contributed by atoms with van der Waals surface area (Å²) in [7, 11) is 0. The van der Waals surface area contributed by atoms with E-state index in [-0.39, 0.29) is 24.3 Å². The van der Waals surface area contributed by atoms with Crippen LogP contribution in [0.2, 0.25) is 0 Å². The molecule has 1 aliphatic rings. The Morgan fingerprint density at radius 3 is 2.45 bits per heavy atom. The highest BCUT2D eigenvalue weighted by molar-refractivity contribution is 5.97. The van der Waals surface area contributed by atoms with Crippen molar-refractivity contribution in [2.45, 2.75) is 31.7 Å². The first-order valence-corrected chi connectivity index (χ1v) is 7.07. The molecule has 0 heterocycles. The molecule has 0 saturated heterocycles. The van der Waals surface area contributed by atoms with E-state index in [0.29, 0.717) is 5.69 Å². The molecule has 1 saturated carbocycles. The molecular weight excluding hydrogens is 254 g/mol. The lowest BCUT2D eigenvalue weighted by atomic mass is 10.1. The van der Waals surface area contributed by atoms with E-state index in [2.05, 4.69) is 10.6 Å². The van der Waals surface area contributed by atoms with E-state index in [1.165, 1.54) is 0 Å². The molecule has 1 aliphatic carbocycles. The zero-order valence-electron chi connectivity index (χ0n) is 11.5. The summed E-state index contributed by atoms with van der Waals surface area (Å²) in [5.74, 6) is -0.292. The molecule has 1 aromatic rings. The number of para-hydroxylation sites is 1. The third-order valence-corrected chi connectivity index (χ3v) is 3.64. The molecule has 5 heteroatoms. The quantitative estimate of drug-likeness (QED) is 0.756. The van der Waals surface area contributed by atoms with E-state index in [1.807, 2.05) is 18.2 Å². The maximum Gasteiger partial charge on any atom is 0.248 e. The topological polar surface area (TPSA) is 84.2 Å². The van der Waals surface area contributed by atoms with Crippen LogP contribution in [0.3, 0.4) is 0 Å². The smallest absolute Gasteiger partial charge is 0.248 e.